The van der Waals surface area contributed by atoms with Crippen LogP contribution in [-0.4, -0.2) is 37.3 Å². The van der Waals surface area contributed by atoms with Gasteiger partial charge in [0.25, 0.3) is 0 Å². The quantitative estimate of drug-likeness (QED) is 0.846. The minimum atomic E-state index is -4.60. The summed E-state index contributed by atoms with van der Waals surface area (Å²) in [5, 5.41) is 3.26. The molecule has 0 spiro atoms. The maximum atomic E-state index is 13.1. The summed E-state index contributed by atoms with van der Waals surface area (Å²) in [7, 11) is -4.07. The van der Waals surface area contributed by atoms with Gasteiger partial charge in [0.15, 0.2) is 0 Å². The molecule has 0 aliphatic carbocycles. The number of fused-ring (bicyclic) bond motifs is 3. The Labute approximate surface area is 155 Å². The lowest BCUT2D eigenvalue weighted by atomic mass is 9.91. The third kappa shape index (κ3) is 3.35. The number of sulfonamides is 1. The van der Waals surface area contributed by atoms with E-state index in [9.17, 15) is 21.6 Å². The standard InChI is InChI=1S/C18H18F3N3O2S/c19-18(20,21)14-4-1-5-15(7-14)27(25,26)24-10-12-3-2-6-23-17(12)16-9-22-8-13(16)11-24/h1-7,13,16,22H,8-11H2/t13-,16+/m1/s1. The summed E-state index contributed by atoms with van der Waals surface area (Å²) in [6.45, 7) is 1.71. The smallest absolute Gasteiger partial charge is 0.316 e. The molecule has 2 aromatic rings. The summed E-state index contributed by atoms with van der Waals surface area (Å²) >= 11 is 0. The predicted octanol–water partition coefficient (Wildman–Crippen LogP) is 2.61. The van der Waals surface area contributed by atoms with E-state index in [1.54, 1.807) is 12.3 Å². The fourth-order valence-electron chi connectivity index (χ4n) is 3.84. The van der Waals surface area contributed by atoms with Crippen LogP contribution < -0.4 is 5.32 Å². The normalized spacial score (nSPS) is 23.5. The highest BCUT2D eigenvalue weighted by Gasteiger charge is 2.40. The van der Waals surface area contributed by atoms with Crippen LogP contribution in [0.5, 0.6) is 0 Å². The monoisotopic (exact) mass is 397 g/mol. The molecule has 0 unspecified atom stereocenters. The van der Waals surface area contributed by atoms with Crippen LogP contribution in [0.4, 0.5) is 13.2 Å². The van der Waals surface area contributed by atoms with Crippen molar-refractivity contribution in [1.29, 1.82) is 0 Å². The van der Waals surface area contributed by atoms with Gasteiger partial charge in [-0.05, 0) is 42.3 Å². The predicted molar refractivity (Wildman–Crippen MR) is 92.4 cm³/mol. The van der Waals surface area contributed by atoms with Crippen molar-refractivity contribution < 1.29 is 21.6 Å². The van der Waals surface area contributed by atoms with E-state index < -0.39 is 21.8 Å². The zero-order chi connectivity index (χ0) is 19.2. The third-order valence-electron chi connectivity index (χ3n) is 5.20. The first-order valence-corrected chi connectivity index (χ1v) is 10.0. The van der Waals surface area contributed by atoms with Crippen molar-refractivity contribution in [3.05, 3.63) is 59.4 Å². The highest BCUT2D eigenvalue weighted by molar-refractivity contribution is 7.89. The Morgan fingerprint density at radius 2 is 1.96 bits per heavy atom. The minimum Gasteiger partial charge on any atom is -0.316 e. The average molecular weight is 397 g/mol. The van der Waals surface area contributed by atoms with Gasteiger partial charge in [-0.1, -0.05) is 12.1 Å². The van der Waals surface area contributed by atoms with E-state index in [1.165, 1.54) is 10.4 Å². The molecule has 9 heteroatoms. The fraction of sp³-hybridized carbons (Fsp3) is 0.389. The Balaban J connectivity index is 1.74. The molecular weight excluding hydrogens is 379 g/mol. The first-order valence-electron chi connectivity index (χ1n) is 8.59. The number of halogens is 3. The van der Waals surface area contributed by atoms with E-state index in [0.717, 1.165) is 23.4 Å². The molecule has 1 N–H and O–H groups in total. The number of benzene rings is 1. The van der Waals surface area contributed by atoms with E-state index in [4.69, 9.17) is 0 Å². The molecule has 3 heterocycles. The molecule has 0 bridgehead atoms. The average Bonchev–Trinajstić information content (AvgIpc) is 3.03. The molecule has 4 rings (SSSR count). The molecule has 2 aliphatic rings. The number of hydrogen-bond acceptors (Lipinski definition) is 4. The van der Waals surface area contributed by atoms with Gasteiger partial charge in [-0.25, -0.2) is 8.42 Å². The molecule has 2 atom stereocenters. The van der Waals surface area contributed by atoms with Crippen molar-refractivity contribution in [2.75, 3.05) is 19.6 Å². The summed E-state index contributed by atoms with van der Waals surface area (Å²) in [5.74, 6) is 0.129. The SMILES string of the molecule is O=S(=O)(c1cccc(C(F)(F)F)c1)N1Cc2cccnc2[C@H]2CNC[C@@H]2C1. The van der Waals surface area contributed by atoms with Crippen LogP contribution in [0.15, 0.2) is 47.5 Å². The molecule has 1 fully saturated rings. The van der Waals surface area contributed by atoms with Crippen LogP contribution in [0.2, 0.25) is 0 Å². The number of rotatable bonds is 2. The number of alkyl halides is 3. The maximum absolute atomic E-state index is 13.1. The number of hydrogen-bond donors (Lipinski definition) is 1. The van der Waals surface area contributed by atoms with E-state index >= 15 is 0 Å². The van der Waals surface area contributed by atoms with Gasteiger partial charge < -0.3 is 5.32 Å². The second kappa shape index (κ2) is 6.57. The Morgan fingerprint density at radius 3 is 2.74 bits per heavy atom. The van der Waals surface area contributed by atoms with E-state index in [-0.39, 0.29) is 29.8 Å². The number of pyridine rings is 1. The van der Waals surface area contributed by atoms with Crippen molar-refractivity contribution in [1.82, 2.24) is 14.6 Å². The van der Waals surface area contributed by atoms with Gasteiger partial charge in [0.2, 0.25) is 10.0 Å². The summed E-state index contributed by atoms with van der Waals surface area (Å²) in [6.07, 6.45) is -2.91. The molecule has 2 aliphatic heterocycles. The van der Waals surface area contributed by atoms with Crippen LogP contribution in [0.3, 0.4) is 0 Å². The lowest BCUT2D eigenvalue weighted by Crippen LogP contribution is -2.35. The lowest BCUT2D eigenvalue weighted by molar-refractivity contribution is -0.137. The molecule has 1 aromatic carbocycles. The van der Waals surface area contributed by atoms with Gasteiger partial charge in [0, 0.05) is 37.4 Å². The number of nitrogens with one attached hydrogen (secondary N) is 1. The molecule has 1 aromatic heterocycles. The van der Waals surface area contributed by atoms with Gasteiger partial charge >= 0.3 is 6.18 Å². The Kier molecular flexibility index (Phi) is 4.48. The summed E-state index contributed by atoms with van der Waals surface area (Å²) in [6, 6.07) is 7.49. The second-order valence-electron chi connectivity index (χ2n) is 6.90. The maximum Gasteiger partial charge on any atom is 0.416 e. The molecule has 0 radical (unpaired) electrons. The van der Waals surface area contributed by atoms with Crippen LogP contribution in [0.1, 0.15) is 22.7 Å². The van der Waals surface area contributed by atoms with E-state index in [2.05, 4.69) is 10.3 Å². The minimum absolute atomic E-state index is 0.0294. The van der Waals surface area contributed by atoms with Gasteiger partial charge in [-0.3, -0.25) is 4.98 Å². The molecule has 1 saturated heterocycles. The fourth-order valence-corrected chi connectivity index (χ4v) is 5.37. The highest BCUT2D eigenvalue weighted by Crippen LogP contribution is 2.36. The Bertz CT molecular complexity index is 962. The molecule has 0 amide bonds. The topological polar surface area (TPSA) is 62.3 Å². The number of aromatic nitrogens is 1. The van der Waals surface area contributed by atoms with Crippen molar-refractivity contribution in [2.45, 2.75) is 23.5 Å². The largest absolute Gasteiger partial charge is 0.416 e. The summed E-state index contributed by atoms with van der Waals surface area (Å²) < 4.78 is 66.6. The molecule has 0 saturated carbocycles. The lowest BCUT2D eigenvalue weighted by Gasteiger charge is -2.24. The van der Waals surface area contributed by atoms with Gasteiger partial charge in [0.1, 0.15) is 0 Å². The van der Waals surface area contributed by atoms with Crippen LogP contribution >= 0.6 is 0 Å². The van der Waals surface area contributed by atoms with Gasteiger partial charge in [0.05, 0.1) is 10.5 Å². The Morgan fingerprint density at radius 1 is 1.15 bits per heavy atom. The first kappa shape index (κ1) is 18.4. The van der Waals surface area contributed by atoms with Crippen molar-refractivity contribution >= 4 is 10.0 Å². The van der Waals surface area contributed by atoms with Crippen LogP contribution in [-0.2, 0) is 22.7 Å². The van der Waals surface area contributed by atoms with Crippen LogP contribution in [0, 0.1) is 5.92 Å². The second-order valence-corrected chi connectivity index (χ2v) is 8.83. The zero-order valence-electron chi connectivity index (χ0n) is 14.3. The third-order valence-corrected chi connectivity index (χ3v) is 7.01. The zero-order valence-corrected chi connectivity index (χ0v) is 15.1. The summed E-state index contributed by atoms with van der Waals surface area (Å²) in [4.78, 5) is 4.11. The van der Waals surface area contributed by atoms with E-state index in [0.29, 0.717) is 19.2 Å². The molecular formula is C18H18F3N3O2S. The highest BCUT2D eigenvalue weighted by atomic mass is 32.2. The van der Waals surface area contributed by atoms with Gasteiger partial charge in [-0.2, -0.15) is 17.5 Å². The van der Waals surface area contributed by atoms with E-state index in [1.807, 2.05) is 6.07 Å². The molecule has 5 nitrogen and oxygen atoms in total. The first-order chi connectivity index (χ1) is 12.8. The van der Waals surface area contributed by atoms with Crippen molar-refractivity contribution in [3.8, 4) is 0 Å². The van der Waals surface area contributed by atoms with Gasteiger partial charge in [-0.15, -0.1) is 0 Å². The van der Waals surface area contributed by atoms with Crippen molar-refractivity contribution in [2.24, 2.45) is 5.92 Å². The van der Waals surface area contributed by atoms with Crippen molar-refractivity contribution in [3.63, 3.8) is 0 Å². The Hall–Kier alpha value is -1.97. The summed E-state index contributed by atoms with van der Waals surface area (Å²) in [5.41, 5.74) is 0.694. The number of nitrogens with zero attached hydrogens (tertiary/aromatic N) is 2. The molecule has 27 heavy (non-hydrogen) atoms. The molecule has 144 valence electrons. The van der Waals surface area contributed by atoms with Crippen LogP contribution in [0.25, 0.3) is 0 Å².